The first-order valence-electron chi connectivity index (χ1n) is 7.73. The Labute approximate surface area is 129 Å². The number of carbonyl (C=O) groups excluding carboxylic acids is 1. The number of benzene rings is 1. The molecule has 0 radical (unpaired) electrons. The zero-order chi connectivity index (χ0) is 15.3. The molecule has 0 aromatic heterocycles. The summed E-state index contributed by atoms with van der Waals surface area (Å²) in [5.41, 5.74) is 1.34. The van der Waals surface area contributed by atoms with E-state index < -0.39 is 0 Å². The molecule has 2 saturated heterocycles. The van der Waals surface area contributed by atoms with E-state index in [-0.39, 0.29) is 11.6 Å². The molecule has 2 fully saturated rings. The summed E-state index contributed by atoms with van der Waals surface area (Å²) in [6, 6.07) is 3.73. The van der Waals surface area contributed by atoms with E-state index in [1.54, 1.807) is 13.2 Å². The van der Waals surface area contributed by atoms with E-state index >= 15 is 0 Å². The van der Waals surface area contributed by atoms with Gasteiger partial charge in [0.2, 0.25) is 0 Å². The number of fused-ring (bicyclic) bond motifs is 2. The summed E-state index contributed by atoms with van der Waals surface area (Å²) >= 11 is 0. The number of amides is 1. The van der Waals surface area contributed by atoms with E-state index in [9.17, 15) is 4.79 Å². The molecule has 3 heterocycles. The van der Waals surface area contributed by atoms with Crippen LogP contribution in [0.1, 0.15) is 30.1 Å². The summed E-state index contributed by atoms with van der Waals surface area (Å²) in [7, 11) is 1.60. The smallest absolute Gasteiger partial charge is 0.259 e. The van der Waals surface area contributed by atoms with Crippen LogP contribution in [0.25, 0.3) is 0 Å². The highest BCUT2D eigenvalue weighted by molar-refractivity contribution is 6.05. The Morgan fingerprint density at radius 3 is 2.95 bits per heavy atom. The zero-order valence-corrected chi connectivity index (χ0v) is 12.9. The molecule has 1 atom stereocenters. The number of anilines is 1. The summed E-state index contributed by atoms with van der Waals surface area (Å²) in [5, 5.41) is 0. The van der Waals surface area contributed by atoms with Crippen molar-refractivity contribution in [1.82, 2.24) is 4.90 Å². The van der Waals surface area contributed by atoms with E-state index in [2.05, 4.69) is 11.8 Å². The number of unbranched alkanes of at least 4 members (excludes halogenated alkanes) is 1. The number of carbonyl (C=O) groups is 1. The predicted octanol–water partition coefficient (Wildman–Crippen LogP) is 1.83. The highest BCUT2D eigenvalue weighted by atomic mass is 16.5. The van der Waals surface area contributed by atoms with Crippen molar-refractivity contribution < 1.29 is 19.0 Å². The zero-order valence-electron chi connectivity index (χ0n) is 12.9. The van der Waals surface area contributed by atoms with Gasteiger partial charge < -0.3 is 19.1 Å². The Bertz CT molecular complexity index is 633. The van der Waals surface area contributed by atoms with Crippen molar-refractivity contribution in [2.45, 2.75) is 25.4 Å². The summed E-state index contributed by atoms with van der Waals surface area (Å²) < 4.78 is 16.7. The summed E-state index contributed by atoms with van der Waals surface area (Å²) in [5.74, 6) is 1.33. The van der Waals surface area contributed by atoms with Crippen LogP contribution in [0.15, 0.2) is 12.1 Å². The van der Waals surface area contributed by atoms with Gasteiger partial charge in [-0.05, 0) is 12.5 Å². The van der Waals surface area contributed by atoms with Crippen molar-refractivity contribution in [2.75, 3.05) is 38.5 Å². The quantitative estimate of drug-likeness (QED) is 0.613. The van der Waals surface area contributed by atoms with Crippen molar-refractivity contribution in [3.63, 3.8) is 0 Å². The van der Waals surface area contributed by atoms with Gasteiger partial charge in [-0.2, -0.15) is 0 Å². The Kier molecular flexibility index (Phi) is 2.97. The van der Waals surface area contributed by atoms with Crippen LogP contribution in [0.2, 0.25) is 0 Å². The van der Waals surface area contributed by atoms with Gasteiger partial charge in [0.1, 0.15) is 6.73 Å². The third kappa shape index (κ3) is 1.73. The molecule has 3 aliphatic rings. The minimum absolute atomic E-state index is 0.0136. The van der Waals surface area contributed by atoms with Crippen molar-refractivity contribution in [2.24, 2.45) is 0 Å². The average Bonchev–Trinajstić information content (AvgIpc) is 3.09. The van der Waals surface area contributed by atoms with Crippen LogP contribution in [-0.2, 0) is 4.74 Å². The fourth-order valence-electron chi connectivity index (χ4n) is 3.32. The summed E-state index contributed by atoms with van der Waals surface area (Å²) in [6.45, 7) is 4.55. The maximum atomic E-state index is 12.7. The molecule has 0 unspecified atom stereocenters. The van der Waals surface area contributed by atoms with Crippen LogP contribution in [-0.4, -0.2) is 50.1 Å². The van der Waals surface area contributed by atoms with Gasteiger partial charge in [0.05, 0.1) is 38.1 Å². The Balaban J connectivity index is 1.72. The van der Waals surface area contributed by atoms with E-state index in [1.807, 2.05) is 11.0 Å². The van der Waals surface area contributed by atoms with Gasteiger partial charge in [0, 0.05) is 6.07 Å². The number of ether oxygens (including phenoxy) is 3. The minimum Gasteiger partial charge on any atom is -0.493 e. The molecule has 6 nitrogen and oxygen atoms in total. The molecular weight excluding hydrogens is 284 g/mol. The SMILES string of the molecule is CCCCOc1cc2c(cc1OC)C(=O)N1COC[C@@]13CN23. The number of rotatable bonds is 5. The second-order valence-corrected chi connectivity index (χ2v) is 6.00. The molecule has 1 spiro atoms. The Morgan fingerprint density at radius 1 is 1.32 bits per heavy atom. The molecule has 4 rings (SSSR count). The van der Waals surface area contributed by atoms with Crippen molar-refractivity contribution in [3.05, 3.63) is 17.7 Å². The maximum Gasteiger partial charge on any atom is 0.259 e. The number of methoxy groups -OCH3 is 1. The third-order valence-corrected chi connectivity index (χ3v) is 4.67. The lowest BCUT2D eigenvalue weighted by molar-refractivity contribution is 0.0641. The van der Waals surface area contributed by atoms with E-state index in [4.69, 9.17) is 14.2 Å². The second kappa shape index (κ2) is 4.78. The molecule has 0 bridgehead atoms. The van der Waals surface area contributed by atoms with Crippen molar-refractivity contribution in [1.29, 1.82) is 0 Å². The molecule has 22 heavy (non-hydrogen) atoms. The summed E-state index contributed by atoms with van der Waals surface area (Å²) in [6.07, 6.45) is 2.07. The van der Waals surface area contributed by atoms with Crippen LogP contribution in [0.5, 0.6) is 11.5 Å². The molecule has 1 amide bonds. The second-order valence-electron chi connectivity index (χ2n) is 6.00. The van der Waals surface area contributed by atoms with E-state index in [0.29, 0.717) is 37.0 Å². The van der Waals surface area contributed by atoms with Crippen LogP contribution >= 0.6 is 0 Å². The topological polar surface area (TPSA) is 51.0 Å². The highest BCUT2D eigenvalue weighted by Crippen LogP contribution is 2.52. The molecule has 0 saturated carbocycles. The molecule has 0 N–H and O–H groups in total. The van der Waals surface area contributed by atoms with Gasteiger partial charge in [0.25, 0.3) is 5.91 Å². The lowest BCUT2D eigenvalue weighted by Crippen LogP contribution is -2.46. The molecule has 0 aliphatic carbocycles. The minimum atomic E-state index is -0.251. The fraction of sp³-hybridized carbons (Fsp3) is 0.562. The van der Waals surface area contributed by atoms with Crippen molar-refractivity contribution in [3.8, 4) is 11.5 Å². The number of hydrogen-bond acceptors (Lipinski definition) is 5. The largest absolute Gasteiger partial charge is 0.493 e. The Hall–Kier alpha value is -1.95. The molecular formula is C16H20N2O4. The number of hydrogen-bond donors (Lipinski definition) is 0. The number of nitrogens with zero attached hydrogens (tertiary/aromatic N) is 2. The van der Waals surface area contributed by atoms with E-state index in [0.717, 1.165) is 25.1 Å². The van der Waals surface area contributed by atoms with Crippen LogP contribution in [0, 0.1) is 0 Å². The van der Waals surface area contributed by atoms with Crippen molar-refractivity contribution >= 4 is 11.6 Å². The first-order chi connectivity index (χ1) is 10.7. The monoisotopic (exact) mass is 304 g/mol. The maximum absolute atomic E-state index is 12.7. The van der Waals surface area contributed by atoms with Crippen LogP contribution in [0.4, 0.5) is 5.69 Å². The van der Waals surface area contributed by atoms with Crippen LogP contribution in [0.3, 0.4) is 0 Å². The Morgan fingerprint density at radius 2 is 2.18 bits per heavy atom. The lowest BCUT2D eigenvalue weighted by atomic mass is 10.1. The fourth-order valence-corrected chi connectivity index (χ4v) is 3.32. The van der Waals surface area contributed by atoms with Gasteiger partial charge in [-0.25, -0.2) is 0 Å². The first kappa shape index (κ1) is 13.7. The van der Waals surface area contributed by atoms with Gasteiger partial charge >= 0.3 is 0 Å². The van der Waals surface area contributed by atoms with Gasteiger partial charge in [-0.3, -0.25) is 9.69 Å². The van der Waals surface area contributed by atoms with E-state index in [1.165, 1.54) is 0 Å². The van der Waals surface area contributed by atoms with Crippen LogP contribution < -0.4 is 14.4 Å². The molecule has 6 heteroatoms. The molecule has 1 aromatic rings. The summed E-state index contributed by atoms with van der Waals surface area (Å²) in [4.78, 5) is 16.7. The third-order valence-electron chi connectivity index (χ3n) is 4.67. The standard InChI is InChI=1S/C16H20N2O4/c1-3-4-5-22-14-7-12-11(6-13(14)20-2)15(19)18-10-21-9-16(18)8-17(12)16/h6-7H,3-5,8-10H2,1-2H3/t16-,17?/m1/s1. The highest BCUT2D eigenvalue weighted by Gasteiger charge is 2.65. The van der Waals surface area contributed by atoms with Gasteiger partial charge in [0.15, 0.2) is 17.2 Å². The first-order valence-corrected chi connectivity index (χ1v) is 7.73. The normalized spacial score (nSPS) is 24.7. The molecule has 1 aromatic carbocycles. The van der Waals surface area contributed by atoms with Gasteiger partial charge in [-0.15, -0.1) is 0 Å². The predicted molar refractivity (Wildman–Crippen MR) is 80.5 cm³/mol. The average molecular weight is 304 g/mol. The molecule has 3 aliphatic heterocycles. The lowest BCUT2D eigenvalue weighted by Gasteiger charge is -2.30. The molecule has 118 valence electrons. The van der Waals surface area contributed by atoms with Gasteiger partial charge in [-0.1, -0.05) is 13.3 Å².